The molecule has 2 heterocycles. The zero-order chi connectivity index (χ0) is 17.0. The van der Waals surface area contributed by atoms with E-state index in [0.717, 1.165) is 43.1 Å². The van der Waals surface area contributed by atoms with Crippen LogP contribution in [0.5, 0.6) is 0 Å². The average Bonchev–Trinajstić information content (AvgIpc) is 3.04. The molecule has 0 amide bonds. The fourth-order valence-electron chi connectivity index (χ4n) is 3.43. The number of likely N-dealkylation sites (tertiary alicyclic amines) is 1. The van der Waals surface area contributed by atoms with Crippen LogP contribution >= 0.6 is 11.8 Å². The molecule has 1 aromatic heterocycles. The number of carbonyl (C=O) groups excluding carboxylic acids is 1. The molecule has 0 atom stereocenters. The zero-order valence-corrected chi connectivity index (χ0v) is 15.0. The molecule has 0 N–H and O–H groups in total. The highest BCUT2D eigenvalue weighted by molar-refractivity contribution is 7.97. The first kappa shape index (κ1) is 17.2. The Bertz CT molecular complexity index is 679. The van der Waals surface area contributed by atoms with Crippen molar-refractivity contribution in [2.75, 3.05) is 19.3 Å². The summed E-state index contributed by atoms with van der Waals surface area (Å²) in [4.78, 5) is 19.1. The van der Waals surface area contributed by atoms with Gasteiger partial charge >= 0.3 is 0 Å². The molecule has 24 heavy (non-hydrogen) atoms. The molecule has 0 bridgehead atoms. The molecule has 1 fully saturated rings. The molecule has 0 radical (unpaired) electrons. The fraction of sp³-hybridized carbons (Fsp3) is 0.500. The van der Waals surface area contributed by atoms with Gasteiger partial charge in [0.15, 0.2) is 5.82 Å². The molecule has 0 spiro atoms. The van der Waals surface area contributed by atoms with Crippen molar-refractivity contribution in [3.8, 4) is 0 Å². The number of nitrogens with zero attached hydrogens (tertiary/aromatic N) is 3. The van der Waals surface area contributed by atoms with Gasteiger partial charge in [0, 0.05) is 0 Å². The molecule has 0 unspecified atom stereocenters. The van der Waals surface area contributed by atoms with Gasteiger partial charge in [-0.3, -0.25) is 9.69 Å². The van der Waals surface area contributed by atoms with E-state index in [2.05, 4.69) is 27.2 Å². The van der Waals surface area contributed by atoms with Gasteiger partial charge in [-0.15, -0.1) is 0 Å². The van der Waals surface area contributed by atoms with Gasteiger partial charge in [-0.2, -0.15) is 16.7 Å². The minimum Gasteiger partial charge on any atom is -0.338 e. The van der Waals surface area contributed by atoms with Crippen molar-refractivity contribution < 1.29 is 9.32 Å². The van der Waals surface area contributed by atoms with E-state index in [4.69, 9.17) is 4.52 Å². The second-order valence-corrected chi connectivity index (χ2v) is 7.18. The molecule has 1 aliphatic heterocycles. The van der Waals surface area contributed by atoms with Gasteiger partial charge in [0.1, 0.15) is 5.78 Å². The molecule has 2 aromatic rings. The van der Waals surface area contributed by atoms with Crippen LogP contribution < -0.4 is 0 Å². The minimum atomic E-state index is -0.351. The summed E-state index contributed by atoms with van der Waals surface area (Å²) >= 11 is 1.68. The first-order valence-corrected chi connectivity index (χ1v) is 9.63. The highest BCUT2D eigenvalue weighted by Gasteiger charge is 2.40. The zero-order valence-electron chi connectivity index (χ0n) is 14.2. The molecule has 128 valence electrons. The van der Waals surface area contributed by atoms with E-state index in [-0.39, 0.29) is 11.2 Å². The smallest absolute Gasteiger partial charge is 0.240 e. The molecule has 0 aliphatic carbocycles. The van der Waals surface area contributed by atoms with Gasteiger partial charge in [-0.25, -0.2) is 0 Å². The van der Waals surface area contributed by atoms with Gasteiger partial charge in [0.2, 0.25) is 5.89 Å². The summed E-state index contributed by atoms with van der Waals surface area (Å²) in [5, 5.41) is 3.99. The Hall–Kier alpha value is -1.66. The summed E-state index contributed by atoms with van der Waals surface area (Å²) in [5.74, 6) is 2.43. The fourth-order valence-corrected chi connectivity index (χ4v) is 3.80. The number of hydrogen-bond donors (Lipinski definition) is 0. The van der Waals surface area contributed by atoms with Crippen LogP contribution in [0.1, 0.15) is 37.0 Å². The van der Waals surface area contributed by atoms with Gasteiger partial charge < -0.3 is 4.52 Å². The summed E-state index contributed by atoms with van der Waals surface area (Å²) in [7, 11) is 0. The highest BCUT2D eigenvalue weighted by Crippen LogP contribution is 2.36. The van der Waals surface area contributed by atoms with Crippen LogP contribution in [0.25, 0.3) is 0 Å². The second kappa shape index (κ2) is 7.49. The van der Waals surface area contributed by atoms with Crippen LogP contribution in [-0.2, 0) is 22.5 Å². The Labute approximate surface area is 146 Å². The third-order valence-electron chi connectivity index (χ3n) is 4.85. The Balaban J connectivity index is 1.66. The lowest BCUT2D eigenvalue weighted by atomic mass is 9.70. The quantitative estimate of drug-likeness (QED) is 0.802. The SMILES string of the molecule is CSCc1noc(CN2CCC(C(C)=O)(c3ccccc3)CC2)n1. The van der Waals surface area contributed by atoms with Crippen molar-refractivity contribution in [2.24, 2.45) is 0 Å². The molecule has 6 heteroatoms. The van der Waals surface area contributed by atoms with Crippen molar-refractivity contribution in [1.82, 2.24) is 15.0 Å². The third-order valence-corrected chi connectivity index (χ3v) is 5.40. The van der Waals surface area contributed by atoms with Crippen LogP contribution in [0.3, 0.4) is 0 Å². The van der Waals surface area contributed by atoms with E-state index in [1.165, 1.54) is 0 Å². The molecule has 1 saturated heterocycles. The Kier molecular flexibility index (Phi) is 5.36. The highest BCUT2D eigenvalue weighted by atomic mass is 32.2. The lowest BCUT2D eigenvalue weighted by Crippen LogP contribution is -2.46. The largest absolute Gasteiger partial charge is 0.338 e. The number of Topliss-reactive ketones (excluding diaryl/α,β-unsaturated/α-hetero) is 1. The molecular weight excluding hydrogens is 322 g/mol. The van der Waals surface area contributed by atoms with Gasteiger partial charge in [-0.05, 0) is 44.7 Å². The number of hydrogen-bond acceptors (Lipinski definition) is 6. The number of ketones is 1. The lowest BCUT2D eigenvalue weighted by molar-refractivity contribution is -0.124. The maximum Gasteiger partial charge on any atom is 0.240 e. The monoisotopic (exact) mass is 345 g/mol. The summed E-state index contributed by atoms with van der Waals surface area (Å²) in [6.07, 6.45) is 3.68. The van der Waals surface area contributed by atoms with Crippen LogP contribution in [0, 0.1) is 0 Å². The van der Waals surface area contributed by atoms with E-state index in [1.54, 1.807) is 18.7 Å². The molecular formula is C18H23N3O2S. The van der Waals surface area contributed by atoms with Crippen molar-refractivity contribution in [2.45, 2.75) is 37.5 Å². The van der Waals surface area contributed by atoms with Crippen LogP contribution in [0.4, 0.5) is 0 Å². The lowest BCUT2D eigenvalue weighted by Gasteiger charge is -2.40. The first-order valence-electron chi connectivity index (χ1n) is 8.23. The van der Waals surface area contributed by atoms with Crippen LogP contribution in [0.15, 0.2) is 34.9 Å². The van der Waals surface area contributed by atoms with E-state index in [9.17, 15) is 4.79 Å². The molecule has 5 nitrogen and oxygen atoms in total. The first-order chi connectivity index (χ1) is 11.6. The van der Waals surface area contributed by atoms with E-state index in [1.807, 2.05) is 24.5 Å². The Morgan fingerprint density at radius 1 is 1.29 bits per heavy atom. The van der Waals surface area contributed by atoms with E-state index in [0.29, 0.717) is 12.4 Å². The van der Waals surface area contributed by atoms with Gasteiger partial charge in [0.25, 0.3) is 0 Å². The number of carbonyl (C=O) groups is 1. The predicted octanol–water partition coefficient (Wildman–Crippen LogP) is 3.06. The van der Waals surface area contributed by atoms with Crippen LogP contribution in [0.2, 0.25) is 0 Å². The topological polar surface area (TPSA) is 59.2 Å². The normalized spacial score (nSPS) is 17.8. The Morgan fingerprint density at radius 3 is 2.62 bits per heavy atom. The van der Waals surface area contributed by atoms with Gasteiger partial charge in [0.05, 0.1) is 17.7 Å². The van der Waals surface area contributed by atoms with Crippen molar-refractivity contribution in [3.63, 3.8) is 0 Å². The summed E-state index contributed by atoms with van der Waals surface area (Å²) in [6.45, 7) is 4.09. The average molecular weight is 345 g/mol. The summed E-state index contributed by atoms with van der Waals surface area (Å²) in [5.41, 5.74) is 0.786. The second-order valence-electron chi connectivity index (χ2n) is 6.32. The van der Waals surface area contributed by atoms with Crippen molar-refractivity contribution in [3.05, 3.63) is 47.6 Å². The number of aromatic nitrogens is 2. The van der Waals surface area contributed by atoms with Crippen molar-refractivity contribution >= 4 is 17.5 Å². The standard InChI is InChI=1S/C18H23N3O2S/c1-14(22)18(15-6-4-3-5-7-15)8-10-21(11-9-18)12-17-19-16(13-24-2)20-23-17/h3-7H,8-13H2,1-2H3. The predicted molar refractivity (Wildman–Crippen MR) is 94.8 cm³/mol. The minimum absolute atomic E-state index is 0.258. The molecule has 0 saturated carbocycles. The maximum absolute atomic E-state index is 12.4. The summed E-state index contributed by atoms with van der Waals surface area (Å²) in [6, 6.07) is 10.2. The number of thioether (sulfide) groups is 1. The molecule has 3 rings (SSSR count). The van der Waals surface area contributed by atoms with E-state index < -0.39 is 0 Å². The number of piperidine rings is 1. The van der Waals surface area contributed by atoms with Crippen molar-refractivity contribution in [1.29, 1.82) is 0 Å². The number of rotatable bonds is 6. The number of benzene rings is 1. The molecule has 1 aromatic carbocycles. The Morgan fingerprint density at radius 2 is 2.00 bits per heavy atom. The third kappa shape index (κ3) is 3.54. The van der Waals surface area contributed by atoms with Crippen LogP contribution in [-0.4, -0.2) is 40.2 Å². The summed E-state index contributed by atoms with van der Waals surface area (Å²) < 4.78 is 5.32. The molecule has 1 aliphatic rings. The maximum atomic E-state index is 12.4. The van der Waals surface area contributed by atoms with E-state index >= 15 is 0 Å². The van der Waals surface area contributed by atoms with Gasteiger partial charge in [-0.1, -0.05) is 35.5 Å².